The van der Waals surface area contributed by atoms with Crippen molar-refractivity contribution in [2.45, 2.75) is 41.5 Å². The number of para-hydroxylation sites is 4. The van der Waals surface area contributed by atoms with Gasteiger partial charge in [0.15, 0.2) is 0 Å². The van der Waals surface area contributed by atoms with Crippen LogP contribution in [0.25, 0.3) is 0 Å². The second kappa shape index (κ2) is 18.2. The fourth-order valence-corrected chi connectivity index (χ4v) is 3.56. The first kappa shape index (κ1) is 35.7. The first-order valence-electron chi connectivity index (χ1n) is 14.1. The zero-order chi connectivity index (χ0) is 33.4. The van der Waals surface area contributed by atoms with Gasteiger partial charge in [-0.05, 0) is 65.8 Å². The standard InChI is InChI=1S/C33H38N4O8/c1-7-43-31(40)24(18-34-27-14-10-11-15-28(27)35-19-25(22(5)38)32(41)44-8-2)21(4)37-30-17-13-12-16-29(30)36-20-26(23(6)39)33(42)45-9-3/h10-20,37-39H,7-9H2,1-6H3/b24-21+,25-22+,26-23-,34-18?,35-19?,36-20?. The van der Waals surface area contributed by atoms with Gasteiger partial charge in [-0.25, -0.2) is 14.4 Å². The van der Waals surface area contributed by atoms with E-state index in [4.69, 9.17) is 14.2 Å². The molecule has 0 spiro atoms. The Morgan fingerprint density at radius 1 is 0.622 bits per heavy atom. The molecule has 0 aliphatic rings. The topological polar surface area (TPSA) is 168 Å². The Labute approximate surface area is 262 Å². The van der Waals surface area contributed by atoms with Crippen molar-refractivity contribution in [1.29, 1.82) is 0 Å². The molecule has 0 unspecified atom stereocenters. The maximum Gasteiger partial charge on any atom is 0.343 e. The van der Waals surface area contributed by atoms with Gasteiger partial charge in [0.1, 0.15) is 22.7 Å². The lowest BCUT2D eigenvalue weighted by Crippen LogP contribution is -2.14. The van der Waals surface area contributed by atoms with Gasteiger partial charge < -0.3 is 29.7 Å². The number of nitrogens with zero attached hydrogens (tertiary/aromatic N) is 3. The summed E-state index contributed by atoms with van der Waals surface area (Å²) >= 11 is 0. The predicted octanol–water partition coefficient (Wildman–Crippen LogP) is 6.53. The first-order valence-corrected chi connectivity index (χ1v) is 14.1. The highest BCUT2D eigenvalue weighted by Crippen LogP contribution is 2.29. The quantitative estimate of drug-likeness (QED) is 0.0700. The van der Waals surface area contributed by atoms with E-state index in [1.807, 2.05) is 0 Å². The molecule has 0 aliphatic heterocycles. The average Bonchev–Trinajstić information content (AvgIpc) is 2.99. The van der Waals surface area contributed by atoms with Crippen LogP contribution in [-0.2, 0) is 28.6 Å². The predicted molar refractivity (Wildman–Crippen MR) is 174 cm³/mol. The number of rotatable bonds is 14. The summed E-state index contributed by atoms with van der Waals surface area (Å²) in [6.07, 6.45) is 3.73. The number of aliphatic hydroxyl groups excluding tert-OH is 2. The van der Waals surface area contributed by atoms with E-state index in [2.05, 4.69) is 20.3 Å². The van der Waals surface area contributed by atoms with Crippen LogP contribution in [0.3, 0.4) is 0 Å². The summed E-state index contributed by atoms with van der Waals surface area (Å²) in [5, 5.41) is 23.0. The highest BCUT2D eigenvalue weighted by Gasteiger charge is 2.16. The number of aliphatic imine (C=N–C) groups is 3. The van der Waals surface area contributed by atoms with Crippen molar-refractivity contribution in [2.24, 2.45) is 15.0 Å². The van der Waals surface area contributed by atoms with Crippen LogP contribution in [0, 0.1) is 0 Å². The van der Waals surface area contributed by atoms with Gasteiger partial charge >= 0.3 is 17.9 Å². The molecular formula is C33H38N4O8. The molecule has 0 saturated carbocycles. The van der Waals surface area contributed by atoms with Gasteiger partial charge in [-0.2, -0.15) is 0 Å². The van der Waals surface area contributed by atoms with Crippen molar-refractivity contribution in [1.82, 2.24) is 0 Å². The number of esters is 3. The Kier molecular flexibility index (Phi) is 14.4. The fraction of sp³-hybridized carbons (Fsp3) is 0.273. The molecule has 12 heteroatoms. The molecule has 238 valence electrons. The van der Waals surface area contributed by atoms with E-state index in [1.54, 1.807) is 76.2 Å². The number of hydrogen-bond donors (Lipinski definition) is 3. The minimum Gasteiger partial charge on any atom is -0.512 e. The zero-order valence-corrected chi connectivity index (χ0v) is 26.2. The second-order valence-electron chi connectivity index (χ2n) is 9.10. The molecule has 0 aliphatic carbocycles. The molecule has 0 heterocycles. The zero-order valence-electron chi connectivity index (χ0n) is 26.2. The molecular weight excluding hydrogens is 580 g/mol. The summed E-state index contributed by atoms with van der Waals surface area (Å²) in [5.41, 5.74) is 1.89. The minimum absolute atomic E-state index is 0.0985. The number of benzene rings is 2. The van der Waals surface area contributed by atoms with Crippen LogP contribution < -0.4 is 5.32 Å². The normalized spacial score (nSPS) is 13.3. The Hall–Kier alpha value is -5.52. The number of aliphatic hydroxyl groups is 2. The summed E-state index contributed by atoms with van der Waals surface area (Å²) in [6, 6.07) is 13.7. The number of hydrogen-bond acceptors (Lipinski definition) is 12. The monoisotopic (exact) mass is 618 g/mol. The van der Waals surface area contributed by atoms with Gasteiger partial charge in [0.05, 0.1) is 48.1 Å². The van der Waals surface area contributed by atoms with Crippen molar-refractivity contribution in [3.63, 3.8) is 0 Å². The Morgan fingerprint density at radius 3 is 1.40 bits per heavy atom. The van der Waals surface area contributed by atoms with E-state index in [1.165, 1.54) is 32.5 Å². The number of ether oxygens (including phenoxy) is 3. The fourth-order valence-electron chi connectivity index (χ4n) is 3.56. The number of nitrogens with one attached hydrogen (secondary N) is 1. The molecule has 3 N–H and O–H groups in total. The molecule has 0 aromatic heterocycles. The van der Waals surface area contributed by atoms with E-state index in [0.717, 1.165) is 0 Å². The largest absolute Gasteiger partial charge is 0.512 e. The van der Waals surface area contributed by atoms with Crippen molar-refractivity contribution < 1.29 is 38.8 Å². The van der Waals surface area contributed by atoms with Crippen molar-refractivity contribution >= 4 is 59.3 Å². The van der Waals surface area contributed by atoms with E-state index in [-0.39, 0.29) is 48.1 Å². The van der Waals surface area contributed by atoms with E-state index < -0.39 is 17.9 Å². The van der Waals surface area contributed by atoms with Crippen LogP contribution in [0.1, 0.15) is 41.5 Å². The third-order valence-corrected chi connectivity index (χ3v) is 5.78. The summed E-state index contributed by atoms with van der Waals surface area (Å²) in [4.78, 5) is 50.5. The highest BCUT2D eigenvalue weighted by molar-refractivity contribution is 6.12. The molecule has 0 fully saturated rings. The van der Waals surface area contributed by atoms with Gasteiger partial charge in [-0.3, -0.25) is 15.0 Å². The third-order valence-electron chi connectivity index (χ3n) is 5.78. The van der Waals surface area contributed by atoms with Crippen molar-refractivity contribution in [3.8, 4) is 0 Å². The van der Waals surface area contributed by atoms with Crippen LogP contribution >= 0.6 is 0 Å². The van der Waals surface area contributed by atoms with Crippen LogP contribution in [0.5, 0.6) is 0 Å². The van der Waals surface area contributed by atoms with Gasteiger partial charge in [0.2, 0.25) is 0 Å². The number of carbonyl (C=O) groups excluding carboxylic acids is 3. The number of carbonyl (C=O) groups is 3. The number of allylic oxidation sites excluding steroid dienone is 3. The third kappa shape index (κ3) is 10.9. The van der Waals surface area contributed by atoms with E-state index >= 15 is 0 Å². The summed E-state index contributed by atoms with van der Waals surface area (Å²) < 4.78 is 15.2. The molecule has 2 aromatic rings. The lowest BCUT2D eigenvalue weighted by Gasteiger charge is -2.13. The van der Waals surface area contributed by atoms with Crippen LogP contribution in [0.2, 0.25) is 0 Å². The molecule has 45 heavy (non-hydrogen) atoms. The summed E-state index contributed by atoms with van der Waals surface area (Å²) in [6.45, 7) is 9.73. The SMILES string of the molecule is CCOC(=O)/C(C=Nc1ccccc1N/C(C)=C(\C=Nc1ccccc1N=C/C(C(=O)OCC)=C(/C)O)C(=O)OCC)=C(/C)O. The van der Waals surface area contributed by atoms with Gasteiger partial charge in [0.25, 0.3) is 0 Å². The van der Waals surface area contributed by atoms with E-state index in [0.29, 0.717) is 28.4 Å². The minimum atomic E-state index is -0.722. The van der Waals surface area contributed by atoms with Gasteiger partial charge in [-0.1, -0.05) is 24.3 Å². The van der Waals surface area contributed by atoms with Crippen LogP contribution in [0.4, 0.5) is 22.7 Å². The lowest BCUT2D eigenvalue weighted by molar-refractivity contribution is -0.139. The number of anilines is 1. The van der Waals surface area contributed by atoms with Crippen LogP contribution in [-0.4, -0.2) is 66.6 Å². The maximum absolute atomic E-state index is 13.0. The van der Waals surface area contributed by atoms with Crippen molar-refractivity contribution in [3.05, 3.63) is 82.5 Å². The second-order valence-corrected chi connectivity index (χ2v) is 9.10. The van der Waals surface area contributed by atoms with Gasteiger partial charge in [-0.15, -0.1) is 0 Å². The molecule has 0 saturated heterocycles. The molecule has 2 rings (SSSR count). The first-order chi connectivity index (χ1) is 21.5. The summed E-state index contributed by atoms with van der Waals surface area (Å²) in [7, 11) is 0. The summed E-state index contributed by atoms with van der Waals surface area (Å²) in [5.74, 6) is -2.57. The Balaban J connectivity index is 2.50. The smallest absolute Gasteiger partial charge is 0.343 e. The Morgan fingerprint density at radius 2 is 0.978 bits per heavy atom. The highest BCUT2D eigenvalue weighted by atomic mass is 16.5. The maximum atomic E-state index is 13.0. The Bertz CT molecular complexity index is 1560. The molecule has 0 atom stereocenters. The molecule has 12 nitrogen and oxygen atoms in total. The lowest BCUT2D eigenvalue weighted by atomic mass is 10.2. The molecule has 2 aromatic carbocycles. The molecule has 0 amide bonds. The molecule has 0 bridgehead atoms. The van der Waals surface area contributed by atoms with Gasteiger partial charge in [0, 0.05) is 24.3 Å². The average molecular weight is 619 g/mol. The van der Waals surface area contributed by atoms with Crippen LogP contribution in [0.15, 0.2) is 97.4 Å². The van der Waals surface area contributed by atoms with Crippen molar-refractivity contribution in [2.75, 3.05) is 25.1 Å². The molecule has 0 radical (unpaired) electrons. The van der Waals surface area contributed by atoms with E-state index in [9.17, 15) is 24.6 Å².